The van der Waals surface area contributed by atoms with E-state index in [9.17, 15) is 0 Å². The number of halogens is 1. The quantitative estimate of drug-likeness (QED) is 0.818. The van der Waals surface area contributed by atoms with Gasteiger partial charge in [-0.25, -0.2) is 0 Å². The van der Waals surface area contributed by atoms with Gasteiger partial charge in [0.1, 0.15) is 4.99 Å². The Kier molecular flexibility index (Phi) is 3.59. The summed E-state index contributed by atoms with van der Waals surface area (Å²) in [6.07, 6.45) is 4.79. The Balaban J connectivity index is 2.32. The van der Waals surface area contributed by atoms with Crippen molar-refractivity contribution < 1.29 is 0 Å². The summed E-state index contributed by atoms with van der Waals surface area (Å²) in [5, 5.41) is 4.20. The summed E-state index contributed by atoms with van der Waals surface area (Å²) in [4.78, 5) is 0.351. The van der Waals surface area contributed by atoms with Crippen LogP contribution in [0.2, 0.25) is 5.02 Å². The van der Waals surface area contributed by atoms with Crippen LogP contribution >= 0.6 is 23.8 Å². The fraction of sp³-hybridized carbons (Fsp3) is 0.462. The second-order valence-electron chi connectivity index (χ2n) is 4.64. The summed E-state index contributed by atoms with van der Waals surface area (Å²) in [5.41, 5.74) is 7.69. The highest BCUT2D eigenvalue weighted by molar-refractivity contribution is 7.80. The minimum absolute atomic E-state index is 0.213. The van der Waals surface area contributed by atoms with Crippen LogP contribution in [0.1, 0.15) is 38.2 Å². The molecule has 0 atom stereocenters. The molecule has 0 aromatic heterocycles. The van der Waals surface area contributed by atoms with Crippen molar-refractivity contribution in [2.75, 3.05) is 5.32 Å². The van der Waals surface area contributed by atoms with E-state index in [1.807, 2.05) is 18.2 Å². The van der Waals surface area contributed by atoms with Crippen LogP contribution in [0.4, 0.5) is 5.69 Å². The minimum Gasteiger partial charge on any atom is -0.389 e. The molecule has 0 unspecified atom stereocenters. The molecular formula is C13H17ClN2S. The molecule has 0 aliphatic heterocycles. The molecule has 2 nitrogen and oxygen atoms in total. The maximum atomic E-state index is 6.15. The van der Waals surface area contributed by atoms with Crippen LogP contribution in [-0.4, -0.2) is 10.5 Å². The van der Waals surface area contributed by atoms with Gasteiger partial charge in [0.2, 0.25) is 0 Å². The fourth-order valence-corrected chi connectivity index (χ4v) is 2.89. The van der Waals surface area contributed by atoms with E-state index >= 15 is 0 Å². The average molecular weight is 269 g/mol. The van der Waals surface area contributed by atoms with Crippen LogP contribution in [0.3, 0.4) is 0 Å². The molecule has 2 rings (SSSR count). The molecule has 3 N–H and O–H groups in total. The number of nitrogens with one attached hydrogen (secondary N) is 1. The van der Waals surface area contributed by atoms with Gasteiger partial charge in [0.25, 0.3) is 0 Å². The highest BCUT2D eigenvalue weighted by Gasteiger charge is 2.35. The second kappa shape index (κ2) is 4.83. The van der Waals surface area contributed by atoms with Gasteiger partial charge in [0.15, 0.2) is 0 Å². The molecule has 1 aliphatic rings. The van der Waals surface area contributed by atoms with Crippen molar-refractivity contribution in [3.8, 4) is 0 Å². The zero-order valence-corrected chi connectivity index (χ0v) is 11.5. The van der Waals surface area contributed by atoms with Gasteiger partial charge in [-0.05, 0) is 37.8 Å². The van der Waals surface area contributed by atoms with E-state index in [4.69, 9.17) is 29.6 Å². The number of nitrogens with two attached hydrogens (primary N) is 1. The number of hydrogen-bond donors (Lipinski definition) is 2. The van der Waals surface area contributed by atoms with Crippen molar-refractivity contribution in [1.82, 2.24) is 0 Å². The molecule has 0 saturated heterocycles. The van der Waals surface area contributed by atoms with Crippen LogP contribution in [0.25, 0.3) is 0 Å². The topological polar surface area (TPSA) is 38.0 Å². The largest absolute Gasteiger partial charge is 0.389 e. The minimum atomic E-state index is 0.213. The van der Waals surface area contributed by atoms with Crippen molar-refractivity contribution in [3.05, 3.63) is 28.8 Å². The summed E-state index contributed by atoms with van der Waals surface area (Å²) >= 11 is 11.2. The van der Waals surface area contributed by atoms with Gasteiger partial charge in [-0.15, -0.1) is 0 Å². The first-order chi connectivity index (χ1) is 8.08. The van der Waals surface area contributed by atoms with Crippen molar-refractivity contribution in [2.45, 2.75) is 38.1 Å². The first-order valence-corrected chi connectivity index (χ1v) is 6.73. The first-order valence-electron chi connectivity index (χ1n) is 5.94. The Morgan fingerprint density at radius 2 is 2.24 bits per heavy atom. The lowest BCUT2D eigenvalue weighted by Gasteiger charge is -2.43. The van der Waals surface area contributed by atoms with Crippen LogP contribution in [0, 0.1) is 0 Å². The molecule has 0 heterocycles. The summed E-state index contributed by atoms with van der Waals surface area (Å²) in [6, 6.07) is 5.74. The third-order valence-corrected chi connectivity index (χ3v) is 4.17. The molecule has 0 bridgehead atoms. The molecule has 4 heteroatoms. The smallest absolute Gasteiger partial charge is 0.107 e. The lowest BCUT2D eigenvalue weighted by atomic mass is 9.74. The van der Waals surface area contributed by atoms with E-state index in [1.54, 1.807) is 0 Å². The van der Waals surface area contributed by atoms with Gasteiger partial charge in [-0.3, -0.25) is 0 Å². The lowest BCUT2D eigenvalue weighted by Crippen LogP contribution is -2.44. The Morgan fingerprint density at radius 1 is 1.53 bits per heavy atom. The van der Waals surface area contributed by atoms with Gasteiger partial charge < -0.3 is 11.1 Å². The molecule has 92 valence electrons. The number of hydrogen-bond acceptors (Lipinski definition) is 2. The van der Waals surface area contributed by atoms with Crippen molar-refractivity contribution >= 4 is 34.5 Å². The normalized spacial score (nSPS) is 17.3. The first kappa shape index (κ1) is 12.7. The standard InChI is InChI=1S/C13H17ClN2S/c1-2-13(7-4-8-13)16-10-6-3-5-9(14)11(10)12(15)17/h3,5-6,16H,2,4,7-8H2,1H3,(H2,15,17). The summed E-state index contributed by atoms with van der Waals surface area (Å²) < 4.78 is 0. The van der Waals surface area contributed by atoms with Gasteiger partial charge in [-0.2, -0.15) is 0 Å². The predicted octanol–water partition coefficient (Wildman–Crippen LogP) is 3.72. The highest BCUT2D eigenvalue weighted by atomic mass is 35.5. The Bertz CT molecular complexity index is 436. The molecule has 0 radical (unpaired) electrons. The average Bonchev–Trinajstić information content (AvgIpc) is 2.23. The maximum absolute atomic E-state index is 6.15. The van der Waals surface area contributed by atoms with E-state index in [0.717, 1.165) is 17.7 Å². The Morgan fingerprint density at radius 3 is 2.71 bits per heavy atom. The SMILES string of the molecule is CCC1(Nc2cccc(Cl)c2C(N)=S)CCC1. The predicted molar refractivity (Wildman–Crippen MR) is 77.8 cm³/mol. The highest BCUT2D eigenvalue weighted by Crippen LogP contribution is 2.39. The molecule has 1 fully saturated rings. The summed E-state index contributed by atoms with van der Waals surface area (Å²) in [6.45, 7) is 2.21. The van der Waals surface area contributed by atoms with E-state index in [-0.39, 0.29) is 5.54 Å². The number of thiocarbonyl (C=S) groups is 1. The molecule has 1 aliphatic carbocycles. The van der Waals surface area contributed by atoms with Crippen molar-refractivity contribution in [3.63, 3.8) is 0 Å². The van der Waals surface area contributed by atoms with E-state index in [0.29, 0.717) is 10.0 Å². The lowest BCUT2D eigenvalue weighted by molar-refractivity contribution is 0.269. The molecule has 1 aromatic rings. The number of benzene rings is 1. The third-order valence-electron chi connectivity index (χ3n) is 3.65. The fourth-order valence-electron chi connectivity index (χ4n) is 2.33. The van der Waals surface area contributed by atoms with Crippen LogP contribution in [-0.2, 0) is 0 Å². The van der Waals surface area contributed by atoms with Crippen LogP contribution in [0.5, 0.6) is 0 Å². The number of anilines is 1. The monoisotopic (exact) mass is 268 g/mol. The van der Waals surface area contributed by atoms with Crippen LogP contribution in [0.15, 0.2) is 18.2 Å². The molecule has 1 saturated carbocycles. The summed E-state index contributed by atoms with van der Waals surface area (Å²) in [7, 11) is 0. The molecule has 17 heavy (non-hydrogen) atoms. The molecule has 0 spiro atoms. The van der Waals surface area contributed by atoms with Crippen LogP contribution < -0.4 is 11.1 Å². The molecule has 1 aromatic carbocycles. The molecular weight excluding hydrogens is 252 g/mol. The Hall–Kier alpha value is -0.800. The molecule has 0 amide bonds. The zero-order valence-electron chi connectivity index (χ0n) is 9.92. The van der Waals surface area contributed by atoms with Gasteiger partial charge in [-0.1, -0.05) is 36.8 Å². The number of rotatable bonds is 4. The van der Waals surface area contributed by atoms with Gasteiger partial charge in [0, 0.05) is 11.2 Å². The van der Waals surface area contributed by atoms with Crippen molar-refractivity contribution in [1.29, 1.82) is 0 Å². The summed E-state index contributed by atoms with van der Waals surface area (Å²) in [5.74, 6) is 0. The van der Waals surface area contributed by atoms with E-state index < -0.39 is 0 Å². The van der Waals surface area contributed by atoms with Gasteiger partial charge >= 0.3 is 0 Å². The second-order valence-corrected chi connectivity index (χ2v) is 5.49. The zero-order chi connectivity index (χ0) is 12.5. The van der Waals surface area contributed by atoms with E-state index in [1.165, 1.54) is 19.3 Å². The van der Waals surface area contributed by atoms with E-state index in [2.05, 4.69) is 12.2 Å². The maximum Gasteiger partial charge on any atom is 0.107 e. The van der Waals surface area contributed by atoms with Gasteiger partial charge in [0.05, 0.1) is 10.6 Å². The van der Waals surface area contributed by atoms with Crippen molar-refractivity contribution in [2.24, 2.45) is 5.73 Å². The Labute approximate surface area is 113 Å². The third kappa shape index (κ3) is 2.40.